The molecule has 0 bridgehead atoms. The standard InChI is InChI=1S/C13H9ClN4O2/c14-12-10(7-15)4-5-16-13(12)17-8-9-2-1-3-11(6-9)18(19)20/h1-6H,8H2,(H,16,17). The van der Waals surface area contributed by atoms with Gasteiger partial charge in [0.15, 0.2) is 0 Å². The van der Waals surface area contributed by atoms with Crippen molar-refractivity contribution in [3.63, 3.8) is 0 Å². The minimum atomic E-state index is -0.453. The van der Waals surface area contributed by atoms with E-state index in [4.69, 9.17) is 16.9 Å². The molecule has 1 aromatic carbocycles. The van der Waals surface area contributed by atoms with E-state index in [9.17, 15) is 10.1 Å². The lowest BCUT2D eigenvalue weighted by Crippen LogP contribution is -2.03. The molecule has 1 N–H and O–H groups in total. The lowest BCUT2D eigenvalue weighted by Gasteiger charge is -2.08. The predicted octanol–water partition coefficient (Wildman–Crippen LogP) is 3.13. The van der Waals surface area contributed by atoms with Crippen molar-refractivity contribution in [2.75, 3.05) is 5.32 Å². The molecule has 2 rings (SSSR count). The number of nitro benzene ring substituents is 1. The number of nitrogens with zero attached hydrogens (tertiary/aromatic N) is 3. The molecule has 0 amide bonds. The average Bonchev–Trinajstić information content (AvgIpc) is 2.46. The molecular weight excluding hydrogens is 280 g/mol. The molecule has 0 atom stereocenters. The highest BCUT2D eigenvalue weighted by Gasteiger charge is 2.08. The van der Waals surface area contributed by atoms with Crippen LogP contribution in [0.15, 0.2) is 36.5 Å². The minimum absolute atomic E-state index is 0.0223. The van der Waals surface area contributed by atoms with Crippen LogP contribution in [0.2, 0.25) is 5.02 Å². The number of nitriles is 1. The van der Waals surface area contributed by atoms with Gasteiger partial charge < -0.3 is 5.32 Å². The van der Waals surface area contributed by atoms with Crippen molar-refractivity contribution >= 4 is 23.1 Å². The van der Waals surface area contributed by atoms with E-state index >= 15 is 0 Å². The molecule has 7 heteroatoms. The van der Waals surface area contributed by atoms with Crippen LogP contribution in [0.4, 0.5) is 11.5 Å². The molecule has 1 aromatic heterocycles. The fourth-order valence-electron chi connectivity index (χ4n) is 1.62. The van der Waals surface area contributed by atoms with E-state index in [1.54, 1.807) is 12.1 Å². The number of nitro groups is 1. The van der Waals surface area contributed by atoms with Crippen molar-refractivity contribution in [1.29, 1.82) is 5.26 Å². The maximum Gasteiger partial charge on any atom is 0.269 e. The number of hydrogen-bond acceptors (Lipinski definition) is 5. The first-order valence-corrected chi connectivity index (χ1v) is 6.01. The van der Waals surface area contributed by atoms with Crippen molar-refractivity contribution < 1.29 is 4.92 Å². The number of aromatic nitrogens is 1. The van der Waals surface area contributed by atoms with Crippen molar-refractivity contribution in [1.82, 2.24) is 4.98 Å². The third-order valence-electron chi connectivity index (χ3n) is 2.59. The van der Waals surface area contributed by atoms with Crippen LogP contribution in [-0.4, -0.2) is 9.91 Å². The number of benzene rings is 1. The molecule has 2 aromatic rings. The van der Waals surface area contributed by atoms with Crippen molar-refractivity contribution in [2.24, 2.45) is 0 Å². The highest BCUT2D eigenvalue weighted by atomic mass is 35.5. The summed E-state index contributed by atoms with van der Waals surface area (Å²) in [5, 5.41) is 22.7. The molecule has 0 saturated heterocycles. The van der Waals surface area contributed by atoms with Crippen LogP contribution in [0.5, 0.6) is 0 Å². The Hall–Kier alpha value is -2.65. The topological polar surface area (TPSA) is 91.8 Å². The third kappa shape index (κ3) is 3.02. The van der Waals surface area contributed by atoms with Crippen LogP contribution >= 0.6 is 11.6 Å². The summed E-state index contributed by atoms with van der Waals surface area (Å²) in [6.07, 6.45) is 1.47. The lowest BCUT2D eigenvalue weighted by atomic mass is 10.2. The molecule has 0 aliphatic carbocycles. The molecule has 0 radical (unpaired) electrons. The van der Waals surface area contributed by atoms with E-state index in [0.29, 0.717) is 17.9 Å². The minimum Gasteiger partial charge on any atom is -0.365 e. The Kier molecular flexibility index (Phi) is 4.13. The summed E-state index contributed by atoms with van der Waals surface area (Å²) in [4.78, 5) is 14.3. The highest BCUT2D eigenvalue weighted by Crippen LogP contribution is 2.23. The Labute approximate surface area is 119 Å². The first-order valence-electron chi connectivity index (χ1n) is 5.63. The van der Waals surface area contributed by atoms with E-state index < -0.39 is 4.92 Å². The van der Waals surface area contributed by atoms with E-state index in [2.05, 4.69) is 10.3 Å². The van der Waals surface area contributed by atoms with Crippen LogP contribution in [0, 0.1) is 21.4 Å². The largest absolute Gasteiger partial charge is 0.365 e. The fourth-order valence-corrected chi connectivity index (χ4v) is 1.84. The van der Waals surface area contributed by atoms with Gasteiger partial charge in [-0.25, -0.2) is 4.98 Å². The molecule has 0 saturated carbocycles. The first-order chi connectivity index (χ1) is 9.61. The van der Waals surface area contributed by atoms with Crippen LogP contribution in [0.1, 0.15) is 11.1 Å². The number of anilines is 1. The number of halogens is 1. The Bertz CT molecular complexity index is 697. The molecule has 0 fully saturated rings. The number of nitrogens with one attached hydrogen (secondary N) is 1. The Morgan fingerprint density at radius 1 is 1.45 bits per heavy atom. The van der Waals surface area contributed by atoms with Crippen LogP contribution < -0.4 is 5.32 Å². The average molecular weight is 289 g/mol. The number of pyridine rings is 1. The first kappa shape index (κ1) is 13.8. The SMILES string of the molecule is N#Cc1ccnc(NCc2cccc([N+](=O)[O-])c2)c1Cl. The van der Waals surface area contributed by atoms with Crippen molar-refractivity contribution in [3.8, 4) is 6.07 Å². The van der Waals surface area contributed by atoms with E-state index in [-0.39, 0.29) is 10.7 Å². The number of rotatable bonds is 4. The molecular formula is C13H9ClN4O2. The molecule has 0 unspecified atom stereocenters. The molecule has 0 aliphatic heterocycles. The van der Waals surface area contributed by atoms with Crippen LogP contribution in [0.25, 0.3) is 0 Å². The summed E-state index contributed by atoms with van der Waals surface area (Å²) in [5.74, 6) is 0.372. The summed E-state index contributed by atoms with van der Waals surface area (Å²) in [5.41, 5.74) is 1.07. The van der Waals surface area contributed by atoms with Gasteiger partial charge in [-0.3, -0.25) is 10.1 Å². The van der Waals surface area contributed by atoms with Gasteiger partial charge in [0.1, 0.15) is 16.9 Å². The van der Waals surface area contributed by atoms with Crippen LogP contribution in [-0.2, 0) is 6.54 Å². The molecule has 1 heterocycles. The fraction of sp³-hybridized carbons (Fsp3) is 0.0769. The second-order valence-electron chi connectivity index (χ2n) is 3.91. The van der Waals surface area contributed by atoms with Crippen LogP contribution in [0.3, 0.4) is 0 Å². The maximum atomic E-state index is 10.7. The molecule has 6 nitrogen and oxygen atoms in total. The Morgan fingerprint density at radius 2 is 2.25 bits per heavy atom. The quantitative estimate of drug-likeness (QED) is 0.689. The van der Waals surface area contributed by atoms with Gasteiger partial charge in [0.25, 0.3) is 5.69 Å². The van der Waals surface area contributed by atoms with Gasteiger partial charge in [-0.1, -0.05) is 23.7 Å². The summed E-state index contributed by atoms with van der Waals surface area (Å²) in [7, 11) is 0. The monoisotopic (exact) mass is 288 g/mol. The van der Waals surface area contributed by atoms with Gasteiger partial charge in [0.2, 0.25) is 0 Å². The van der Waals surface area contributed by atoms with E-state index in [1.807, 2.05) is 6.07 Å². The van der Waals surface area contributed by atoms with Crippen molar-refractivity contribution in [2.45, 2.75) is 6.54 Å². The smallest absolute Gasteiger partial charge is 0.269 e. The normalized spacial score (nSPS) is 9.80. The third-order valence-corrected chi connectivity index (χ3v) is 2.97. The Balaban J connectivity index is 2.15. The second kappa shape index (κ2) is 5.99. The number of non-ortho nitro benzene ring substituents is 1. The van der Waals surface area contributed by atoms with Gasteiger partial charge in [0, 0.05) is 24.9 Å². The van der Waals surface area contributed by atoms with Gasteiger partial charge in [-0.15, -0.1) is 0 Å². The van der Waals surface area contributed by atoms with E-state index in [1.165, 1.54) is 24.4 Å². The lowest BCUT2D eigenvalue weighted by molar-refractivity contribution is -0.384. The second-order valence-corrected chi connectivity index (χ2v) is 4.29. The summed E-state index contributed by atoms with van der Waals surface area (Å²) in [6, 6.07) is 9.72. The van der Waals surface area contributed by atoms with Gasteiger partial charge in [0.05, 0.1) is 10.5 Å². The zero-order chi connectivity index (χ0) is 14.5. The Morgan fingerprint density at radius 3 is 2.95 bits per heavy atom. The number of hydrogen-bond donors (Lipinski definition) is 1. The molecule has 0 spiro atoms. The summed E-state index contributed by atoms with van der Waals surface area (Å²) in [6.45, 7) is 0.323. The van der Waals surface area contributed by atoms with Gasteiger partial charge in [-0.05, 0) is 11.6 Å². The maximum absolute atomic E-state index is 10.7. The molecule has 0 aliphatic rings. The van der Waals surface area contributed by atoms with Gasteiger partial charge >= 0.3 is 0 Å². The van der Waals surface area contributed by atoms with E-state index in [0.717, 1.165) is 5.56 Å². The zero-order valence-corrected chi connectivity index (χ0v) is 11.0. The summed E-state index contributed by atoms with van der Waals surface area (Å²) < 4.78 is 0. The molecule has 100 valence electrons. The summed E-state index contributed by atoms with van der Waals surface area (Å²) >= 11 is 6.00. The predicted molar refractivity (Wildman–Crippen MR) is 74.4 cm³/mol. The zero-order valence-electron chi connectivity index (χ0n) is 10.2. The molecule has 20 heavy (non-hydrogen) atoms. The van der Waals surface area contributed by atoms with Gasteiger partial charge in [-0.2, -0.15) is 5.26 Å². The van der Waals surface area contributed by atoms with Crippen molar-refractivity contribution in [3.05, 3.63) is 62.8 Å². The highest BCUT2D eigenvalue weighted by molar-refractivity contribution is 6.34.